The number of aliphatic carboxylic acids is 1. The number of benzene rings is 1. The van der Waals surface area contributed by atoms with Crippen molar-refractivity contribution in [3.63, 3.8) is 0 Å². The number of aromatic nitrogens is 1. The SMILES string of the molecule is C=CCN(CC(=O)O)C(=O)c1cn(C)c2ccccc12. The Morgan fingerprint density at radius 3 is 2.75 bits per heavy atom. The summed E-state index contributed by atoms with van der Waals surface area (Å²) < 4.78 is 1.86. The van der Waals surface area contributed by atoms with E-state index in [2.05, 4.69) is 6.58 Å². The fourth-order valence-corrected chi connectivity index (χ4v) is 2.22. The van der Waals surface area contributed by atoms with Crippen molar-refractivity contribution in [1.29, 1.82) is 0 Å². The zero-order valence-corrected chi connectivity index (χ0v) is 11.2. The molecule has 0 saturated heterocycles. The second kappa shape index (κ2) is 5.61. The summed E-state index contributed by atoms with van der Waals surface area (Å²) >= 11 is 0. The molecule has 2 aromatic rings. The number of hydrogen-bond acceptors (Lipinski definition) is 2. The summed E-state index contributed by atoms with van der Waals surface area (Å²) in [5.41, 5.74) is 1.44. The molecule has 20 heavy (non-hydrogen) atoms. The van der Waals surface area contributed by atoms with Gasteiger partial charge < -0.3 is 14.6 Å². The van der Waals surface area contributed by atoms with Gasteiger partial charge in [0.2, 0.25) is 0 Å². The van der Waals surface area contributed by atoms with Crippen LogP contribution in [0.3, 0.4) is 0 Å². The lowest BCUT2D eigenvalue weighted by Crippen LogP contribution is -2.35. The maximum absolute atomic E-state index is 12.5. The lowest BCUT2D eigenvalue weighted by molar-refractivity contribution is -0.137. The zero-order chi connectivity index (χ0) is 14.7. The number of carboxylic acids is 1. The van der Waals surface area contributed by atoms with Gasteiger partial charge in [-0.25, -0.2) is 0 Å². The number of rotatable bonds is 5. The molecule has 0 unspecified atom stereocenters. The third kappa shape index (κ3) is 2.56. The Morgan fingerprint density at radius 2 is 2.10 bits per heavy atom. The summed E-state index contributed by atoms with van der Waals surface area (Å²) in [7, 11) is 1.86. The quantitative estimate of drug-likeness (QED) is 0.845. The summed E-state index contributed by atoms with van der Waals surface area (Å²) in [4.78, 5) is 24.6. The molecule has 2 rings (SSSR count). The van der Waals surface area contributed by atoms with Crippen molar-refractivity contribution in [3.05, 3.63) is 48.7 Å². The number of carbonyl (C=O) groups excluding carboxylic acids is 1. The van der Waals surface area contributed by atoms with Crippen LogP contribution in [0.1, 0.15) is 10.4 Å². The van der Waals surface area contributed by atoms with Gasteiger partial charge in [0, 0.05) is 30.7 Å². The molecule has 1 aromatic carbocycles. The van der Waals surface area contributed by atoms with Gasteiger partial charge in [0.15, 0.2) is 0 Å². The van der Waals surface area contributed by atoms with Crippen LogP contribution in [0.4, 0.5) is 0 Å². The second-order valence-electron chi connectivity index (χ2n) is 4.54. The Bertz CT molecular complexity index is 673. The Kier molecular flexibility index (Phi) is 3.89. The van der Waals surface area contributed by atoms with Crippen molar-refractivity contribution in [2.75, 3.05) is 13.1 Å². The van der Waals surface area contributed by atoms with Crippen molar-refractivity contribution in [3.8, 4) is 0 Å². The molecule has 0 bridgehead atoms. The smallest absolute Gasteiger partial charge is 0.323 e. The fraction of sp³-hybridized carbons (Fsp3) is 0.200. The Labute approximate surface area is 116 Å². The van der Waals surface area contributed by atoms with E-state index in [4.69, 9.17) is 5.11 Å². The predicted molar refractivity (Wildman–Crippen MR) is 76.7 cm³/mol. The molecular weight excluding hydrogens is 256 g/mol. The first-order valence-corrected chi connectivity index (χ1v) is 6.20. The molecule has 5 nitrogen and oxygen atoms in total. The Morgan fingerprint density at radius 1 is 1.40 bits per heavy atom. The van der Waals surface area contributed by atoms with Gasteiger partial charge in [-0.3, -0.25) is 9.59 Å². The van der Waals surface area contributed by atoms with Gasteiger partial charge in [0.25, 0.3) is 5.91 Å². The molecular formula is C15H16N2O3. The molecule has 0 aliphatic rings. The molecule has 5 heteroatoms. The molecule has 1 N–H and O–H groups in total. The topological polar surface area (TPSA) is 62.5 Å². The van der Waals surface area contributed by atoms with Crippen molar-refractivity contribution < 1.29 is 14.7 Å². The van der Waals surface area contributed by atoms with E-state index in [9.17, 15) is 9.59 Å². The molecule has 0 aliphatic heterocycles. The van der Waals surface area contributed by atoms with Gasteiger partial charge in [-0.05, 0) is 6.07 Å². The number of nitrogens with zero attached hydrogens (tertiary/aromatic N) is 2. The van der Waals surface area contributed by atoms with Crippen LogP contribution in [0.5, 0.6) is 0 Å². The molecule has 1 aromatic heterocycles. The number of hydrogen-bond donors (Lipinski definition) is 1. The van der Waals surface area contributed by atoms with Crippen LogP contribution in [0, 0.1) is 0 Å². The van der Waals surface area contributed by atoms with Crippen molar-refractivity contribution >= 4 is 22.8 Å². The first-order chi connectivity index (χ1) is 9.54. The van der Waals surface area contributed by atoms with Crippen LogP contribution in [-0.4, -0.2) is 39.5 Å². The highest BCUT2D eigenvalue weighted by Gasteiger charge is 2.21. The summed E-state index contributed by atoms with van der Waals surface area (Å²) in [6, 6.07) is 7.53. The molecule has 0 saturated carbocycles. The summed E-state index contributed by atoms with van der Waals surface area (Å²) in [6.07, 6.45) is 3.25. The van der Waals surface area contributed by atoms with Gasteiger partial charge in [0.05, 0.1) is 5.56 Å². The second-order valence-corrected chi connectivity index (χ2v) is 4.54. The first kappa shape index (κ1) is 13.9. The fourth-order valence-electron chi connectivity index (χ4n) is 2.22. The standard InChI is InChI=1S/C15H16N2O3/c1-3-8-17(10-14(18)19)15(20)12-9-16(2)13-7-5-4-6-11(12)13/h3-7,9H,1,8,10H2,2H3,(H,18,19). The molecule has 0 fully saturated rings. The van der Waals surface area contributed by atoms with E-state index in [-0.39, 0.29) is 19.0 Å². The maximum atomic E-state index is 12.5. The average molecular weight is 272 g/mol. The van der Waals surface area contributed by atoms with Crippen molar-refractivity contribution in [2.24, 2.45) is 7.05 Å². The lowest BCUT2D eigenvalue weighted by atomic mass is 10.1. The number of para-hydroxylation sites is 1. The van der Waals surface area contributed by atoms with E-state index in [1.165, 1.54) is 11.0 Å². The Hall–Kier alpha value is -2.56. The van der Waals surface area contributed by atoms with Gasteiger partial charge >= 0.3 is 5.97 Å². The van der Waals surface area contributed by atoms with E-state index in [0.29, 0.717) is 5.56 Å². The Balaban J connectivity index is 2.43. The monoisotopic (exact) mass is 272 g/mol. The number of carboxylic acid groups (broad SMARTS) is 1. The van der Waals surface area contributed by atoms with Crippen LogP contribution in [0.15, 0.2) is 43.1 Å². The molecule has 0 atom stereocenters. The number of aryl methyl sites for hydroxylation is 1. The van der Waals surface area contributed by atoms with Gasteiger partial charge in [-0.15, -0.1) is 6.58 Å². The molecule has 1 heterocycles. The molecule has 104 valence electrons. The van der Waals surface area contributed by atoms with E-state index >= 15 is 0 Å². The van der Waals surface area contributed by atoms with Crippen LogP contribution in [-0.2, 0) is 11.8 Å². The van der Waals surface area contributed by atoms with E-state index in [0.717, 1.165) is 10.9 Å². The predicted octanol–water partition coefficient (Wildman–Crippen LogP) is 1.89. The third-order valence-corrected chi connectivity index (χ3v) is 3.09. The van der Waals surface area contributed by atoms with Crippen LogP contribution in [0.2, 0.25) is 0 Å². The highest BCUT2D eigenvalue weighted by atomic mass is 16.4. The first-order valence-electron chi connectivity index (χ1n) is 6.20. The van der Waals surface area contributed by atoms with Gasteiger partial charge in [-0.1, -0.05) is 24.3 Å². The van der Waals surface area contributed by atoms with E-state index in [1.54, 1.807) is 6.20 Å². The summed E-state index contributed by atoms with van der Waals surface area (Å²) in [5.74, 6) is -1.34. The van der Waals surface area contributed by atoms with Crippen LogP contribution in [0.25, 0.3) is 10.9 Å². The highest BCUT2D eigenvalue weighted by Crippen LogP contribution is 2.21. The molecule has 1 amide bonds. The van der Waals surface area contributed by atoms with Crippen LogP contribution >= 0.6 is 0 Å². The average Bonchev–Trinajstić information content (AvgIpc) is 2.75. The summed E-state index contributed by atoms with van der Waals surface area (Å²) in [5, 5.41) is 9.71. The van der Waals surface area contributed by atoms with Gasteiger partial charge in [-0.2, -0.15) is 0 Å². The van der Waals surface area contributed by atoms with Crippen molar-refractivity contribution in [1.82, 2.24) is 9.47 Å². The molecule has 0 spiro atoms. The minimum atomic E-state index is -1.04. The normalized spacial score (nSPS) is 10.4. The number of amides is 1. The zero-order valence-electron chi connectivity index (χ0n) is 11.2. The largest absolute Gasteiger partial charge is 0.480 e. The van der Waals surface area contributed by atoms with Crippen molar-refractivity contribution in [2.45, 2.75) is 0 Å². The van der Waals surface area contributed by atoms with E-state index in [1.807, 2.05) is 35.9 Å². The van der Waals surface area contributed by atoms with E-state index < -0.39 is 5.97 Å². The number of fused-ring (bicyclic) bond motifs is 1. The van der Waals surface area contributed by atoms with Crippen LogP contribution < -0.4 is 0 Å². The lowest BCUT2D eigenvalue weighted by Gasteiger charge is -2.18. The molecule has 0 aliphatic carbocycles. The third-order valence-electron chi connectivity index (χ3n) is 3.09. The minimum absolute atomic E-state index is 0.203. The maximum Gasteiger partial charge on any atom is 0.323 e. The highest BCUT2D eigenvalue weighted by molar-refractivity contribution is 6.07. The molecule has 0 radical (unpaired) electrons. The number of carbonyl (C=O) groups is 2. The minimum Gasteiger partial charge on any atom is -0.480 e. The summed E-state index contributed by atoms with van der Waals surface area (Å²) in [6.45, 7) is 3.42. The van der Waals surface area contributed by atoms with Gasteiger partial charge in [0.1, 0.15) is 6.54 Å².